The number of hydrogen-bond donors (Lipinski definition) is 1. The number of pyridine rings is 1. The van der Waals surface area contributed by atoms with E-state index >= 15 is 0 Å². The van der Waals surface area contributed by atoms with E-state index in [1.54, 1.807) is 36.5 Å². The minimum atomic E-state index is -0.495. The monoisotopic (exact) mass is 282 g/mol. The van der Waals surface area contributed by atoms with Crippen LogP contribution in [0.3, 0.4) is 0 Å². The lowest BCUT2D eigenvalue weighted by Crippen LogP contribution is -2.15. The molecule has 3 heterocycles. The summed E-state index contributed by atoms with van der Waals surface area (Å²) in [7, 11) is 0. The fourth-order valence-corrected chi connectivity index (χ4v) is 2.23. The Morgan fingerprint density at radius 1 is 1.19 bits per heavy atom. The van der Waals surface area contributed by atoms with Crippen LogP contribution in [-0.4, -0.2) is 14.5 Å². The van der Waals surface area contributed by atoms with Crippen molar-refractivity contribution in [2.24, 2.45) is 0 Å². The van der Waals surface area contributed by atoms with Gasteiger partial charge in [0.05, 0.1) is 0 Å². The molecule has 0 saturated heterocycles. The average Bonchev–Trinajstić information content (AvgIpc) is 3.00. The van der Waals surface area contributed by atoms with E-state index in [0.717, 1.165) is 0 Å². The third-order valence-electron chi connectivity index (χ3n) is 3.17. The summed E-state index contributed by atoms with van der Waals surface area (Å²) in [5, 5.41) is 0. The van der Waals surface area contributed by atoms with Gasteiger partial charge in [0.15, 0.2) is 16.8 Å². The number of nitrogens with two attached hydrogens (primary N) is 1. The molecular formula is C14H10N4O3. The Labute approximate surface area is 117 Å². The topological polar surface area (TPSA) is 100 Å². The molecule has 0 bridgehead atoms. The molecule has 0 aliphatic heterocycles. The predicted octanol–water partition coefficient (Wildman–Crippen LogP) is 1.76. The first-order valence-electron chi connectivity index (χ1n) is 6.30. The molecule has 0 aliphatic rings. The van der Waals surface area contributed by atoms with Crippen molar-refractivity contribution in [3.05, 3.63) is 53.0 Å². The summed E-state index contributed by atoms with van der Waals surface area (Å²) in [6, 6.07) is 8.60. The Bertz CT molecular complexity index is 1010. The number of nitrogens with zero attached hydrogens (tertiary/aromatic N) is 3. The highest BCUT2D eigenvalue weighted by Crippen LogP contribution is 2.19. The van der Waals surface area contributed by atoms with Gasteiger partial charge in [-0.3, -0.25) is 0 Å². The fourth-order valence-electron chi connectivity index (χ4n) is 2.23. The molecular weight excluding hydrogens is 272 g/mol. The number of oxazole rings is 2. The maximum atomic E-state index is 11.9. The maximum Gasteiger partial charge on any atom is 0.421 e. The van der Waals surface area contributed by atoms with Gasteiger partial charge in [-0.05, 0) is 24.3 Å². The van der Waals surface area contributed by atoms with Crippen molar-refractivity contribution in [2.45, 2.75) is 6.54 Å². The van der Waals surface area contributed by atoms with Crippen LogP contribution in [0.4, 0.5) is 5.69 Å². The number of hydrogen-bond acceptors (Lipinski definition) is 6. The first-order valence-corrected chi connectivity index (χ1v) is 6.30. The van der Waals surface area contributed by atoms with Crippen LogP contribution in [0.2, 0.25) is 0 Å². The molecule has 0 aliphatic carbocycles. The van der Waals surface area contributed by atoms with Gasteiger partial charge >= 0.3 is 5.76 Å². The Hall–Kier alpha value is -3.09. The molecule has 4 aromatic rings. The third kappa shape index (κ3) is 1.86. The van der Waals surface area contributed by atoms with Crippen LogP contribution in [0.25, 0.3) is 22.3 Å². The summed E-state index contributed by atoms with van der Waals surface area (Å²) < 4.78 is 12.1. The molecule has 21 heavy (non-hydrogen) atoms. The molecule has 0 atom stereocenters. The first kappa shape index (κ1) is 11.7. The molecule has 0 unspecified atom stereocenters. The van der Waals surface area contributed by atoms with E-state index in [1.165, 1.54) is 4.57 Å². The zero-order valence-electron chi connectivity index (χ0n) is 10.8. The van der Waals surface area contributed by atoms with Crippen LogP contribution < -0.4 is 11.5 Å². The first-order chi connectivity index (χ1) is 10.2. The Morgan fingerprint density at radius 3 is 3.00 bits per heavy atom. The van der Waals surface area contributed by atoms with Crippen molar-refractivity contribution in [1.29, 1.82) is 0 Å². The SMILES string of the molecule is Nc1ccc2nc(Cn3c(=O)oc4cccnc43)oc2c1. The largest absolute Gasteiger partial charge is 0.439 e. The summed E-state index contributed by atoms with van der Waals surface area (Å²) in [6.45, 7) is 0.150. The molecule has 2 N–H and O–H groups in total. The molecule has 4 rings (SSSR count). The lowest BCUT2D eigenvalue weighted by atomic mass is 10.3. The van der Waals surface area contributed by atoms with Gasteiger partial charge in [-0.25, -0.2) is 19.3 Å². The quantitative estimate of drug-likeness (QED) is 0.562. The van der Waals surface area contributed by atoms with Crippen molar-refractivity contribution in [3.8, 4) is 0 Å². The molecule has 0 fully saturated rings. The van der Waals surface area contributed by atoms with E-state index in [9.17, 15) is 4.79 Å². The van der Waals surface area contributed by atoms with Crippen LogP contribution in [0.1, 0.15) is 5.89 Å². The minimum Gasteiger partial charge on any atom is -0.439 e. The average molecular weight is 282 g/mol. The zero-order valence-corrected chi connectivity index (χ0v) is 10.8. The van der Waals surface area contributed by atoms with Crippen LogP contribution in [-0.2, 0) is 6.54 Å². The van der Waals surface area contributed by atoms with Gasteiger partial charge < -0.3 is 14.6 Å². The smallest absolute Gasteiger partial charge is 0.421 e. The highest BCUT2D eigenvalue weighted by atomic mass is 16.4. The van der Waals surface area contributed by atoms with Gasteiger partial charge in [0, 0.05) is 18.0 Å². The van der Waals surface area contributed by atoms with Crippen molar-refractivity contribution in [1.82, 2.24) is 14.5 Å². The molecule has 7 heteroatoms. The summed E-state index contributed by atoms with van der Waals surface area (Å²) >= 11 is 0. The summed E-state index contributed by atoms with van der Waals surface area (Å²) in [5.41, 5.74) is 8.46. The van der Waals surface area contributed by atoms with Gasteiger partial charge in [0.1, 0.15) is 12.1 Å². The van der Waals surface area contributed by atoms with Gasteiger partial charge in [-0.1, -0.05) is 0 Å². The fraction of sp³-hybridized carbons (Fsp3) is 0.0714. The second kappa shape index (κ2) is 4.20. The van der Waals surface area contributed by atoms with Gasteiger partial charge in [0.25, 0.3) is 0 Å². The van der Waals surface area contributed by atoms with E-state index in [-0.39, 0.29) is 6.54 Å². The van der Waals surface area contributed by atoms with E-state index in [2.05, 4.69) is 9.97 Å². The van der Waals surface area contributed by atoms with Crippen LogP contribution >= 0.6 is 0 Å². The molecule has 0 amide bonds. The number of fused-ring (bicyclic) bond motifs is 2. The number of benzene rings is 1. The second-order valence-corrected chi connectivity index (χ2v) is 4.61. The second-order valence-electron chi connectivity index (χ2n) is 4.61. The molecule has 3 aromatic heterocycles. The summed E-state index contributed by atoms with van der Waals surface area (Å²) in [5.74, 6) is -0.100. The van der Waals surface area contributed by atoms with Crippen molar-refractivity contribution >= 4 is 28.0 Å². The number of anilines is 1. The lowest BCUT2D eigenvalue weighted by Gasteiger charge is -1.96. The molecule has 104 valence electrons. The van der Waals surface area contributed by atoms with Gasteiger partial charge in [0.2, 0.25) is 5.89 Å². The maximum absolute atomic E-state index is 11.9. The Balaban J connectivity index is 1.82. The van der Waals surface area contributed by atoms with Crippen molar-refractivity contribution in [2.75, 3.05) is 5.73 Å². The van der Waals surface area contributed by atoms with E-state index in [4.69, 9.17) is 14.6 Å². The van der Waals surface area contributed by atoms with Crippen molar-refractivity contribution < 1.29 is 8.83 Å². The molecule has 0 radical (unpaired) electrons. The lowest BCUT2D eigenvalue weighted by molar-refractivity contribution is 0.472. The minimum absolute atomic E-state index is 0.150. The standard InChI is InChI=1S/C14H10N4O3/c15-8-3-4-9-11(6-8)20-12(17-9)7-18-13-10(21-14(18)19)2-1-5-16-13/h1-6H,7,15H2. The number of aromatic nitrogens is 3. The number of rotatable bonds is 2. The summed E-state index contributed by atoms with van der Waals surface area (Å²) in [4.78, 5) is 20.4. The summed E-state index contributed by atoms with van der Waals surface area (Å²) in [6.07, 6.45) is 1.60. The molecule has 0 spiro atoms. The zero-order chi connectivity index (χ0) is 14.4. The Kier molecular flexibility index (Phi) is 2.34. The van der Waals surface area contributed by atoms with Crippen molar-refractivity contribution in [3.63, 3.8) is 0 Å². The molecule has 7 nitrogen and oxygen atoms in total. The van der Waals surface area contributed by atoms with Gasteiger partial charge in [-0.2, -0.15) is 0 Å². The molecule has 1 aromatic carbocycles. The van der Waals surface area contributed by atoms with Crippen LogP contribution in [0.15, 0.2) is 50.2 Å². The third-order valence-corrected chi connectivity index (χ3v) is 3.17. The van der Waals surface area contributed by atoms with E-state index < -0.39 is 5.76 Å². The Morgan fingerprint density at radius 2 is 2.10 bits per heavy atom. The van der Waals surface area contributed by atoms with E-state index in [0.29, 0.717) is 33.9 Å². The number of nitrogen functional groups attached to an aromatic ring is 1. The van der Waals surface area contributed by atoms with Crippen LogP contribution in [0, 0.1) is 0 Å². The highest BCUT2D eigenvalue weighted by molar-refractivity contribution is 5.76. The predicted molar refractivity (Wildman–Crippen MR) is 75.8 cm³/mol. The normalized spacial score (nSPS) is 11.4. The highest BCUT2D eigenvalue weighted by Gasteiger charge is 2.13. The molecule has 0 saturated carbocycles. The van der Waals surface area contributed by atoms with E-state index in [1.807, 2.05) is 0 Å². The van der Waals surface area contributed by atoms with Crippen LogP contribution in [0.5, 0.6) is 0 Å². The van der Waals surface area contributed by atoms with Gasteiger partial charge in [-0.15, -0.1) is 0 Å².